The van der Waals surface area contributed by atoms with Crippen LogP contribution < -0.4 is 10.9 Å². The topological polar surface area (TPSA) is 67.2 Å². The Morgan fingerprint density at radius 2 is 1.91 bits per heavy atom. The molecule has 0 aliphatic heterocycles. The number of anilines is 1. The van der Waals surface area contributed by atoms with Crippen molar-refractivity contribution in [2.45, 2.75) is 44.4 Å². The fourth-order valence-corrected chi connectivity index (χ4v) is 3.08. The van der Waals surface area contributed by atoms with Gasteiger partial charge in [-0.25, -0.2) is 4.68 Å². The number of aromatic nitrogens is 2. The second-order valence-electron chi connectivity index (χ2n) is 5.97. The predicted octanol–water partition coefficient (Wildman–Crippen LogP) is 2.66. The van der Waals surface area contributed by atoms with Crippen molar-refractivity contribution in [3.63, 3.8) is 0 Å². The largest absolute Gasteiger partial charge is 0.393 e. The van der Waals surface area contributed by atoms with Gasteiger partial charge < -0.3 is 10.4 Å². The van der Waals surface area contributed by atoms with Crippen molar-refractivity contribution in [3.05, 3.63) is 57.5 Å². The van der Waals surface area contributed by atoms with Gasteiger partial charge in [-0.05, 0) is 31.2 Å². The fraction of sp³-hybridized carbons (Fsp3) is 0.412. The Morgan fingerprint density at radius 1 is 1.22 bits per heavy atom. The quantitative estimate of drug-likeness (QED) is 0.902. The molecule has 1 saturated carbocycles. The van der Waals surface area contributed by atoms with Crippen LogP contribution in [0.5, 0.6) is 0 Å². The zero-order valence-electron chi connectivity index (χ0n) is 12.8. The summed E-state index contributed by atoms with van der Waals surface area (Å²) in [5.41, 5.74) is 1.28. The minimum atomic E-state index is -0.295. The molecule has 0 amide bonds. The van der Waals surface area contributed by atoms with Crippen LogP contribution in [0.15, 0.2) is 41.3 Å². The molecule has 6 heteroatoms. The van der Waals surface area contributed by atoms with Crippen molar-refractivity contribution in [2.75, 3.05) is 5.32 Å². The molecule has 0 spiro atoms. The summed E-state index contributed by atoms with van der Waals surface area (Å²) < 4.78 is 1.37. The summed E-state index contributed by atoms with van der Waals surface area (Å²) in [5, 5.41) is 17.2. The summed E-state index contributed by atoms with van der Waals surface area (Å²) in [6, 6.07) is 9.90. The van der Waals surface area contributed by atoms with E-state index in [0.29, 0.717) is 12.2 Å². The van der Waals surface area contributed by atoms with E-state index in [0.717, 1.165) is 31.2 Å². The molecule has 1 aliphatic carbocycles. The molecule has 1 fully saturated rings. The van der Waals surface area contributed by atoms with Crippen LogP contribution in [0.3, 0.4) is 0 Å². The molecule has 122 valence electrons. The Bertz CT molecular complexity index is 710. The highest BCUT2D eigenvalue weighted by Gasteiger charge is 2.20. The number of hydrogen-bond acceptors (Lipinski definition) is 4. The molecule has 3 rings (SSSR count). The first-order valence-corrected chi connectivity index (χ1v) is 8.25. The van der Waals surface area contributed by atoms with E-state index < -0.39 is 0 Å². The van der Waals surface area contributed by atoms with Crippen molar-refractivity contribution in [3.8, 4) is 0 Å². The van der Waals surface area contributed by atoms with Gasteiger partial charge in [0.25, 0.3) is 5.56 Å². The number of hydrogen-bond donors (Lipinski definition) is 2. The van der Waals surface area contributed by atoms with Crippen LogP contribution in [0.4, 0.5) is 5.69 Å². The molecular formula is C17H20ClN3O2. The van der Waals surface area contributed by atoms with Crippen molar-refractivity contribution in [1.82, 2.24) is 9.78 Å². The molecule has 1 aromatic heterocycles. The number of aliphatic hydroxyl groups is 1. The molecule has 2 N–H and O–H groups in total. The molecule has 1 aliphatic rings. The first-order chi connectivity index (χ1) is 11.1. The van der Waals surface area contributed by atoms with Crippen molar-refractivity contribution in [2.24, 2.45) is 0 Å². The van der Waals surface area contributed by atoms with Gasteiger partial charge in [0.2, 0.25) is 0 Å². The summed E-state index contributed by atoms with van der Waals surface area (Å²) in [5.74, 6) is 0. The third-order valence-electron chi connectivity index (χ3n) is 4.22. The van der Waals surface area contributed by atoms with Gasteiger partial charge in [0, 0.05) is 6.04 Å². The standard InChI is InChI=1S/C17H20ClN3O2/c18-16-15(20-13-6-8-14(22)9-7-13)10-19-21(17(16)23)11-12-4-2-1-3-5-12/h1-5,10,13-14,20,22H,6-9,11H2. The summed E-state index contributed by atoms with van der Waals surface area (Å²) in [6.45, 7) is 0.398. The average molecular weight is 334 g/mol. The van der Waals surface area contributed by atoms with Gasteiger partial charge in [0.05, 0.1) is 24.5 Å². The van der Waals surface area contributed by atoms with Gasteiger partial charge in [-0.1, -0.05) is 41.9 Å². The van der Waals surface area contributed by atoms with Crippen molar-refractivity contribution < 1.29 is 5.11 Å². The van der Waals surface area contributed by atoms with Crippen molar-refractivity contribution >= 4 is 17.3 Å². The van der Waals surface area contributed by atoms with E-state index in [1.165, 1.54) is 4.68 Å². The summed E-state index contributed by atoms with van der Waals surface area (Å²) in [7, 11) is 0. The monoisotopic (exact) mass is 333 g/mol. The van der Waals surface area contributed by atoms with Gasteiger partial charge in [-0.2, -0.15) is 5.10 Å². The van der Waals surface area contributed by atoms with Crippen LogP contribution in [0.2, 0.25) is 5.02 Å². The van der Waals surface area contributed by atoms with E-state index >= 15 is 0 Å². The molecule has 0 radical (unpaired) electrons. The van der Waals surface area contributed by atoms with E-state index in [1.54, 1.807) is 6.20 Å². The average Bonchev–Trinajstić information content (AvgIpc) is 2.57. The number of aliphatic hydroxyl groups excluding tert-OH is 1. The first kappa shape index (κ1) is 16.0. The second-order valence-corrected chi connectivity index (χ2v) is 6.35. The molecule has 0 unspecified atom stereocenters. The number of nitrogens with zero attached hydrogens (tertiary/aromatic N) is 2. The SMILES string of the molecule is O=c1c(Cl)c(NC2CCC(O)CC2)cnn1Cc1ccccc1. The molecule has 0 atom stereocenters. The number of nitrogens with one attached hydrogen (secondary N) is 1. The number of rotatable bonds is 4. The maximum absolute atomic E-state index is 12.4. The van der Waals surface area contributed by atoms with Crippen molar-refractivity contribution in [1.29, 1.82) is 0 Å². The lowest BCUT2D eigenvalue weighted by atomic mass is 9.93. The second kappa shape index (κ2) is 7.15. The molecule has 0 saturated heterocycles. The van der Waals surface area contributed by atoms with Gasteiger partial charge in [0.1, 0.15) is 5.02 Å². The van der Waals surface area contributed by atoms with Gasteiger partial charge >= 0.3 is 0 Å². The van der Waals surface area contributed by atoms with Crippen LogP contribution >= 0.6 is 11.6 Å². The Kier molecular flexibility index (Phi) is 4.98. The lowest BCUT2D eigenvalue weighted by Crippen LogP contribution is -2.30. The molecule has 1 aromatic carbocycles. The maximum Gasteiger partial charge on any atom is 0.287 e. The minimum Gasteiger partial charge on any atom is -0.393 e. The highest BCUT2D eigenvalue weighted by molar-refractivity contribution is 6.32. The van der Waals surface area contributed by atoms with E-state index in [4.69, 9.17) is 11.6 Å². The van der Waals surface area contributed by atoms with E-state index in [2.05, 4.69) is 10.4 Å². The molecule has 5 nitrogen and oxygen atoms in total. The van der Waals surface area contributed by atoms with E-state index in [-0.39, 0.29) is 22.7 Å². The zero-order valence-corrected chi connectivity index (χ0v) is 13.5. The lowest BCUT2D eigenvalue weighted by Gasteiger charge is -2.27. The summed E-state index contributed by atoms with van der Waals surface area (Å²) in [6.07, 6.45) is 4.68. The smallest absolute Gasteiger partial charge is 0.287 e. The zero-order chi connectivity index (χ0) is 16.2. The third-order valence-corrected chi connectivity index (χ3v) is 4.58. The molecule has 23 heavy (non-hydrogen) atoms. The summed E-state index contributed by atoms with van der Waals surface area (Å²) >= 11 is 6.23. The highest BCUT2D eigenvalue weighted by Crippen LogP contribution is 2.24. The van der Waals surface area contributed by atoms with Crippen LogP contribution in [-0.4, -0.2) is 27.0 Å². The van der Waals surface area contributed by atoms with Gasteiger partial charge in [-0.3, -0.25) is 4.79 Å². The Hall–Kier alpha value is -1.85. The number of benzene rings is 1. The van der Waals surface area contributed by atoms with Crippen LogP contribution in [0.1, 0.15) is 31.2 Å². The fourth-order valence-electron chi connectivity index (χ4n) is 2.87. The molecular weight excluding hydrogens is 314 g/mol. The minimum absolute atomic E-state index is 0.169. The predicted molar refractivity (Wildman–Crippen MR) is 90.9 cm³/mol. The van der Waals surface area contributed by atoms with E-state index in [9.17, 15) is 9.90 Å². The normalized spacial score (nSPS) is 21.1. The van der Waals surface area contributed by atoms with Crippen LogP contribution in [0, 0.1) is 0 Å². The van der Waals surface area contributed by atoms with E-state index in [1.807, 2.05) is 30.3 Å². The third kappa shape index (κ3) is 3.92. The van der Waals surface area contributed by atoms with Gasteiger partial charge in [0.15, 0.2) is 0 Å². The Balaban J connectivity index is 1.74. The Labute approximate surface area is 139 Å². The summed E-state index contributed by atoms with van der Waals surface area (Å²) in [4.78, 5) is 12.4. The first-order valence-electron chi connectivity index (χ1n) is 7.87. The molecule has 0 bridgehead atoms. The maximum atomic E-state index is 12.4. The Morgan fingerprint density at radius 3 is 2.61 bits per heavy atom. The highest BCUT2D eigenvalue weighted by atomic mass is 35.5. The molecule has 1 heterocycles. The van der Waals surface area contributed by atoms with Crippen LogP contribution in [0.25, 0.3) is 0 Å². The van der Waals surface area contributed by atoms with Gasteiger partial charge in [-0.15, -0.1) is 0 Å². The molecule has 2 aromatic rings. The lowest BCUT2D eigenvalue weighted by molar-refractivity contribution is 0.126. The number of halogens is 1. The van der Waals surface area contributed by atoms with Crippen LogP contribution in [-0.2, 0) is 6.54 Å².